The lowest BCUT2D eigenvalue weighted by molar-refractivity contribution is 0.131. The first-order valence-corrected chi connectivity index (χ1v) is 7.25. The van der Waals surface area contributed by atoms with Gasteiger partial charge < -0.3 is 14.3 Å². The first kappa shape index (κ1) is 15.9. The molecule has 0 bridgehead atoms. The molecule has 0 N–H and O–H groups in total. The fourth-order valence-electron chi connectivity index (χ4n) is 2.02. The van der Waals surface area contributed by atoms with Gasteiger partial charge in [0.05, 0.1) is 19.9 Å². The number of ether oxygens (including phenoxy) is 2. The van der Waals surface area contributed by atoms with Crippen molar-refractivity contribution in [2.45, 2.75) is 20.5 Å². The SMILES string of the molecule is CCOc1ccc(/C=N/OCc2ccccc2C)cc1OC. The van der Waals surface area contributed by atoms with Crippen LogP contribution in [0, 0.1) is 6.92 Å². The van der Waals surface area contributed by atoms with Gasteiger partial charge in [0, 0.05) is 5.56 Å². The second-order valence-electron chi connectivity index (χ2n) is 4.78. The third kappa shape index (κ3) is 4.25. The highest BCUT2D eigenvalue weighted by molar-refractivity contribution is 5.80. The average Bonchev–Trinajstić information content (AvgIpc) is 2.54. The van der Waals surface area contributed by atoms with Gasteiger partial charge in [0.25, 0.3) is 0 Å². The summed E-state index contributed by atoms with van der Waals surface area (Å²) in [6.45, 7) is 5.05. The van der Waals surface area contributed by atoms with Crippen molar-refractivity contribution in [3.05, 3.63) is 59.2 Å². The number of nitrogens with zero attached hydrogens (tertiary/aromatic N) is 1. The normalized spacial score (nSPS) is 10.7. The standard InChI is InChI=1S/C18H21NO3/c1-4-21-17-10-9-15(11-18(17)20-3)12-19-22-13-16-8-6-5-7-14(16)2/h5-12H,4,13H2,1-3H3/b19-12+. The molecule has 4 heteroatoms. The van der Waals surface area contributed by atoms with Gasteiger partial charge in [0.15, 0.2) is 11.5 Å². The van der Waals surface area contributed by atoms with E-state index in [-0.39, 0.29) is 0 Å². The quantitative estimate of drug-likeness (QED) is 0.574. The molecule has 2 aromatic carbocycles. The molecule has 0 aliphatic carbocycles. The molecule has 0 saturated carbocycles. The van der Waals surface area contributed by atoms with Crippen molar-refractivity contribution >= 4 is 6.21 Å². The number of methoxy groups -OCH3 is 1. The molecular weight excluding hydrogens is 278 g/mol. The second kappa shape index (κ2) is 8.08. The van der Waals surface area contributed by atoms with Gasteiger partial charge in [-0.05, 0) is 43.2 Å². The summed E-state index contributed by atoms with van der Waals surface area (Å²) in [6.07, 6.45) is 1.66. The molecule has 2 rings (SSSR count). The smallest absolute Gasteiger partial charge is 0.161 e. The van der Waals surface area contributed by atoms with Crippen LogP contribution in [0.4, 0.5) is 0 Å². The zero-order valence-electron chi connectivity index (χ0n) is 13.2. The molecule has 0 aliphatic rings. The summed E-state index contributed by atoms with van der Waals surface area (Å²) >= 11 is 0. The summed E-state index contributed by atoms with van der Waals surface area (Å²) in [7, 11) is 1.62. The molecule has 4 nitrogen and oxygen atoms in total. The summed E-state index contributed by atoms with van der Waals surface area (Å²) in [4.78, 5) is 5.35. The Morgan fingerprint density at radius 2 is 1.91 bits per heavy atom. The Balaban J connectivity index is 1.97. The molecule has 0 heterocycles. The number of aryl methyl sites for hydroxylation is 1. The maximum atomic E-state index is 5.48. The lowest BCUT2D eigenvalue weighted by Crippen LogP contribution is -1.96. The van der Waals surface area contributed by atoms with E-state index in [1.807, 2.05) is 43.3 Å². The van der Waals surface area contributed by atoms with Crippen molar-refractivity contribution in [2.75, 3.05) is 13.7 Å². The van der Waals surface area contributed by atoms with Crippen molar-refractivity contribution in [2.24, 2.45) is 5.16 Å². The van der Waals surface area contributed by atoms with Crippen LogP contribution in [0.2, 0.25) is 0 Å². The fraction of sp³-hybridized carbons (Fsp3) is 0.278. The van der Waals surface area contributed by atoms with Crippen molar-refractivity contribution < 1.29 is 14.3 Å². The van der Waals surface area contributed by atoms with Crippen LogP contribution in [0.5, 0.6) is 11.5 Å². The van der Waals surface area contributed by atoms with Crippen molar-refractivity contribution in [3.63, 3.8) is 0 Å². The molecular formula is C18H21NO3. The Morgan fingerprint density at radius 1 is 1.09 bits per heavy atom. The van der Waals surface area contributed by atoms with Crippen LogP contribution < -0.4 is 9.47 Å². The fourth-order valence-corrected chi connectivity index (χ4v) is 2.02. The van der Waals surface area contributed by atoms with Gasteiger partial charge in [0.2, 0.25) is 0 Å². The van der Waals surface area contributed by atoms with E-state index in [1.165, 1.54) is 5.56 Å². The van der Waals surface area contributed by atoms with Gasteiger partial charge in [0.1, 0.15) is 6.61 Å². The van der Waals surface area contributed by atoms with Gasteiger partial charge in [-0.3, -0.25) is 0 Å². The third-order valence-electron chi connectivity index (χ3n) is 3.25. The summed E-state index contributed by atoms with van der Waals surface area (Å²) in [5.74, 6) is 1.41. The lowest BCUT2D eigenvalue weighted by atomic mass is 10.1. The molecule has 0 unspecified atom stereocenters. The Bertz CT molecular complexity index is 638. The molecule has 0 aliphatic heterocycles. The molecule has 22 heavy (non-hydrogen) atoms. The van der Waals surface area contributed by atoms with E-state index in [1.54, 1.807) is 13.3 Å². The maximum Gasteiger partial charge on any atom is 0.161 e. The molecule has 0 atom stereocenters. The first-order chi connectivity index (χ1) is 10.7. The monoisotopic (exact) mass is 299 g/mol. The van der Waals surface area contributed by atoms with Gasteiger partial charge in [-0.15, -0.1) is 0 Å². The van der Waals surface area contributed by atoms with E-state index < -0.39 is 0 Å². The molecule has 0 aromatic heterocycles. The number of oxime groups is 1. The topological polar surface area (TPSA) is 40.0 Å². The minimum absolute atomic E-state index is 0.456. The van der Waals surface area contributed by atoms with E-state index >= 15 is 0 Å². The third-order valence-corrected chi connectivity index (χ3v) is 3.25. The second-order valence-corrected chi connectivity index (χ2v) is 4.78. The van der Waals surface area contributed by atoms with Crippen LogP contribution in [-0.4, -0.2) is 19.9 Å². The predicted octanol–water partition coefficient (Wildman–Crippen LogP) is 3.95. The molecule has 0 fully saturated rings. The van der Waals surface area contributed by atoms with Crippen LogP contribution in [0.3, 0.4) is 0 Å². The van der Waals surface area contributed by atoms with Gasteiger partial charge >= 0.3 is 0 Å². The Morgan fingerprint density at radius 3 is 2.64 bits per heavy atom. The number of benzene rings is 2. The van der Waals surface area contributed by atoms with E-state index in [0.29, 0.717) is 19.0 Å². The Kier molecular flexibility index (Phi) is 5.83. The van der Waals surface area contributed by atoms with E-state index in [2.05, 4.69) is 18.1 Å². The number of hydrogen-bond donors (Lipinski definition) is 0. The highest BCUT2D eigenvalue weighted by Crippen LogP contribution is 2.27. The maximum absolute atomic E-state index is 5.48. The van der Waals surface area contributed by atoms with Crippen molar-refractivity contribution in [1.29, 1.82) is 0 Å². The van der Waals surface area contributed by atoms with E-state index in [0.717, 1.165) is 16.9 Å². The molecule has 0 amide bonds. The zero-order chi connectivity index (χ0) is 15.8. The van der Waals surface area contributed by atoms with Crippen LogP contribution >= 0.6 is 0 Å². The molecule has 0 radical (unpaired) electrons. The number of rotatable bonds is 7. The summed E-state index contributed by atoms with van der Waals surface area (Å²) in [6, 6.07) is 13.7. The van der Waals surface area contributed by atoms with E-state index in [4.69, 9.17) is 14.3 Å². The minimum Gasteiger partial charge on any atom is -0.493 e. The summed E-state index contributed by atoms with van der Waals surface area (Å²) in [5, 5.41) is 4.01. The summed E-state index contributed by atoms with van der Waals surface area (Å²) < 4.78 is 10.8. The summed E-state index contributed by atoms with van der Waals surface area (Å²) in [5.41, 5.74) is 3.22. The first-order valence-electron chi connectivity index (χ1n) is 7.25. The Labute approximate surface area is 131 Å². The van der Waals surface area contributed by atoms with Gasteiger partial charge in [-0.1, -0.05) is 29.4 Å². The van der Waals surface area contributed by atoms with Gasteiger partial charge in [-0.25, -0.2) is 0 Å². The molecule has 0 spiro atoms. The molecule has 2 aromatic rings. The van der Waals surface area contributed by atoms with Crippen molar-refractivity contribution in [3.8, 4) is 11.5 Å². The van der Waals surface area contributed by atoms with E-state index in [9.17, 15) is 0 Å². The molecule has 0 saturated heterocycles. The predicted molar refractivity (Wildman–Crippen MR) is 87.7 cm³/mol. The highest BCUT2D eigenvalue weighted by Gasteiger charge is 2.04. The number of hydrogen-bond acceptors (Lipinski definition) is 4. The highest BCUT2D eigenvalue weighted by atomic mass is 16.6. The lowest BCUT2D eigenvalue weighted by Gasteiger charge is -2.09. The largest absolute Gasteiger partial charge is 0.493 e. The van der Waals surface area contributed by atoms with Gasteiger partial charge in [-0.2, -0.15) is 0 Å². The minimum atomic E-state index is 0.456. The van der Waals surface area contributed by atoms with Crippen LogP contribution in [-0.2, 0) is 11.4 Å². The zero-order valence-corrected chi connectivity index (χ0v) is 13.2. The van der Waals surface area contributed by atoms with Crippen LogP contribution in [0.15, 0.2) is 47.6 Å². The van der Waals surface area contributed by atoms with Crippen LogP contribution in [0.1, 0.15) is 23.6 Å². The average molecular weight is 299 g/mol. The van der Waals surface area contributed by atoms with Crippen LogP contribution in [0.25, 0.3) is 0 Å². The molecule has 116 valence electrons. The van der Waals surface area contributed by atoms with Crippen molar-refractivity contribution in [1.82, 2.24) is 0 Å². The Hall–Kier alpha value is -2.49.